The SMILES string of the molecule is CNCc1cnc(Br)c(C)n1. The molecule has 60 valence electrons. The van der Waals surface area contributed by atoms with E-state index in [2.05, 4.69) is 31.2 Å². The van der Waals surface area contributed by atoms with Crippen molar-refractivity contribution in [2.24, 2.45) is 0 Å². The molecule has 0 saturated heterocycles. The molecule has 1 aromatic rings. The van der Waals surface area contributed by atoms with Crippen molar-refractivity contribution < 1.29 is 0 Å². The maximum absolute atomic E-state index is 4.29. The third kappa shape index (κ3) is 2.24. The van der Waals surface area contributed by atoms with Gasteiger partial charge in [0.15, 0.2) is 0 Å². The first-order valence-corrected chi connectivity index (χ1v) is 4.16. The van der Waals surface area contributed by atoms with Crippen LogP contribution < -0.4 is 5.32 Å². The molecule has 0 radical (unpaired) electrons. The van der Waals surface area contributed by atoms with Crippen LogP contribution in [0.15, 0.2) is 10.8 Å². The molecule has 0 aliphatic heterocycles. The molecule has 0 saturated carbocycles. The normalized spacial score (nSPS) is 10.1. The maximum Gasteiger partial charge on any atom is 0.127 e. The summed E-state index contributed by atoms with van der Waals surface area (Å²) in [5.41, 5.74) is 1.89. The van der Waals surface area contributed by atoms with E-state index in [1.807, 2.05) is 14.0 Å². The van der Waals surface area contributed by atoms with Crippen LogP contribution in [0.1, 0.15) is 11.4 Å². The number of aromatic nitrogens is 2. The van der Waals surface area contributed by atoms with Crippen LogP contribution in [0.5, 0.6) is 0 Å². The summed E-state index contributed by atoms with van der Waals surface area (Å²) in [6, 6.07) is 0. The number of halogens is 1. The predicted octanol–water partition coefficient (Wildman–Crippen LogP) is 1.27. The van der Waals surface area contributed by atoms with E-state index in [-0.39, 0.29) is 0 Å². The Labute approximate surface area is 74.4 Å². The Bertz CT molecular complexity index is 249. The number of hydrogen-bond donors (Lipinski definition) is 1. The molecule has 0 aliphatic carbocycles. The fourth-order valence-electron chi connectivity index (χ4n) is 0.781. The maximum atomic E-state index is 4.29. The molecular formula is C7H10BrN3. The van der Waals surface area contributed by atoms with Crippen LogP contribution in [0.3, 0.4) is 0 Å². The van der Waals surface area contributed by atoms with Gasteiger partial charge in [-0.05, 0) is 29.9 Å². The van der Waals surface area contributed by atoms with Crippen molar-refractivity contribution in [3.63, 3.8) is 0 Å². The lowest BCUT2D eigenvalue weighted by Gasteiger charge is -2.00. The van der Waals surface area contributed by atoms with E-state index in [1.165, 1.54) is 0 Å². The van der Waals surface area contributed by atoms with Crippen molar-refractivity contribution in [1.82, 2.24) is 15.3 Å². The molecule has 3 nitrogen and oxygen atoms in total. The number of hydrogen-bond acceptors (Lipinski definition) is 3. The Kier molecular flexibility index (Phi) is 2.96. The predicted molar refractivity (Wildman–Crippen MR) is 47.2 cm³/mol. The molecule has 0 spiro atoms. The molecule has 1 aromatic heterocycles. The van der Waals surface area contributed by atoms with Crippen LogP contribution in [0.25, 0.3) is 0 Å². The Hall–Kier alpha value is -0.480. The van der Waals surface area contributed by atoms with Crippen LogP contribution in [-0.2, 0) is 6.54 Å². The van der Waals surface area contributed by atoms with Crippen molar-refractivity contribution >= 4 is 15.9 Å². The highest BCUT2D eigenvalue weighted by molar-refractivity contribution is 9.10. The van der Waals surface area contributed by atoms with Crippen molar-refractivity contribution in [2.75, 3.05) is 7.05 Å². The molecule has 0 unspecified atom stereocenters. The summed E-state index contributed by atoms with van der Waals surface area (Å²) >= 11 is 3.29. The molecule has 11 heavy (non-hydrogen) atoms. The summed E-state index contributed by atoms with van der Waals surface area (Å²) < 4.78 is 0.817. The molecule has 0 amide bonds. The molecule has 1 rings (SSSR count). The monoisotopic (exact) mass is 215 g/mol. The minimum Gasteiger partial charge on any atom is -0.314 e. The number of aryl methyl sites for hydroxylation is 1. The minimum atomic E-state index is 0.765. The molecule has 0 fully saturated rings. The van der Waals surface area contributed by atoms with E-state index < -0.39 is 0 Å². The standard InChI is InChI=1S/C7H10BrN3/c1-5-7(8)10-4-6(11-5)3-9-2/h4,9H,3H2,1-2H3. The fourth-order valence-corrected chi connectivity index (χ4v) is 0.972. The van der Waals surface area contributed by atoms with E-state index in [1.54, 1.807) is 6.20 Å². The van der Waals surface area contributed by atoms with Gasteiger partial charge in [0.2, 0.25) is 0 Å². The van der Waals surface area contributed by atoms with Gasteiger partial charge in [-0.3, -0.25) is 4.98 Å². The second-order valence-corrected chi connectivity index (χ2v) is 3.02. The van der Waals surface area contributed by atoms with E-state index in [4.69, 9.17) is 0 Å². The largest absolute Gasteiger partial charge is 0.314 e. The average molecular weight is 216 g/mol. The molecule has 0 atom stereocenters. The number of nitrogens with zero attached hydrogens (tertiary/aromatic N) is 2. The minimum absolute atomic E-state index is 0.765. The molecule has 0 bridgehead atoms. The summed E-state index contributed by atoms with van der Waals surface area (Å²) in [4.78, 5) is 8.40. The van der Waals surface area contributed by atoms with Crippen molar-refractivity contribution in [2.45, 2.75) is 13.5 Å². The Morgan fingerprint density at radius 3 is 2.91 bits per heavy atom. The quantitative estimate of drug-likeness (QED) is 0.808. The van der Waals surface area contributed by atoms with Crippen molar-refractivity contribution in [1.29, 1.82) is 0 Å². The van der Waals surface area contributed by atoms with E-state index >= 15 is 0 Å². The highest BCUT2D eigenvalue weighted by Gasteiger charge is 1.98. The number of nitrogens with one attached hydrogen (secondary N) is 1. The van der Waals surface area contributed by atoms with Crippen LogP contribution in [0.4, 0.5) is 0 Å². The third-order valence-corrected chi connectivity index (χ3v) is 2.07. The highest BCUT2D eigenvalue weighted by atomic mass is 79.9. The van der Waals surface area contributed by atoms with E-state index in [0.29, 0.717) is 0 Å². The van der Waals surface area contributed by atoms with Crippen LogP contribution in [0, 0.1) is 6.92 Å². The number of rotatable bonds is 2. The fraction of sp³-hybridized carbons (Fsp3) is 0.429. The second kappa shape index (κ2) is 3.78. The molecule has 0 aliphatic rings. The smallest absolute Gasteiger partial charge is 0.127 e. The molecule has 1 heterocycles. The van der Waals surface area contributed by atoms with Crippen LogP contribution >= 0.6 is 15.9 Å². The molecule has 4 heteroatoms. The summed E-state index contributed by atoms with van der Waals surface area (Å²) in [6.07, 6.45) is 1.76. The third-order valence-electron chi connectivity index (χ3n) is 1.29. The van der Waals surface area contributed by atoms with Gasteiger partial charge in [-0.2, -0.15) is 0 Å². The van der Waals surface area contributed by atoms with Crippen LogP contribution in [0.2, 0.25) is 0 Å². The topological polar surface area (TPSA) is 37.8 Å². The van der Waals surface area contributed by atoms with Gasteiger partial charge < -0.3 is 5.32 Å². The Morgan fingerprint density at radius 1 is 1.64 bits per heavy atom. The summed E-state index contributed by atoms with van der Waals surface area (Å²) in [7, 11) is 1.89. The van der Waals surface area contributed by atoms with Gasteiger partial charge in [0.1, 0.15) is 4.60 Å². The first-order valence-electron chi connectivity index (χ1n) is 3.36. The molecule has 1 N–H and O–H groups in total. The van der Waals surface area contributed by atoms with Gasteiger partial charge in [-0.1, -0.05) is 0 Å². The van der Waals surface area contributed by atoms with Gasteiger partial charge in [0.25, 0.3) is 0 Å². The van der Waals surface area contributed by atoms with E-state index in [9.17, 15) is 0 Å². The summed E-state index contributed by atoms with van der Waals surface area (Å²) in [5.74, 6) is 0. The second-order valence-electron chi connectivity index (χ2n) is 2.27. The first-order chi connectivity index (χ1) is 5.24. The van der Waals surface area contributed by atoms with Gasteiger partial charge in [0, 0.05) is 6.54 Å². The first kappa shape index (κ1) is 8.62. The molecule has 0 aromatic carbocycles. The van der Waals surface area contributed by atoms with Gasteiger partial charge in [-0.15, -0.1) is 0 Å². The lowest BCUT2D eigenvalue weighted by atomic mass is 10.4. The lowest BCUT2D eigenvalue weighted by Crippen LogP contribution is -2.08. The van der Waals surface area contributed by atoms with Gasteiger partial charge >= 0.3 is 0 Å². The van der Waals surface area contributed by atoms with Crippen molar-refractivity contribution in [3.05, 3.63) is 22.2 Å². The zero-order chi connectivity index (χ0) is 8.27. The Morgan fingerprint density at radius 2 is 2.36 bits per heavy atom. The zero-order valence-corrected chi connectivity index (χ0v) is 8.14. The molecular weight excluding hydrogens is 206 g/mol. The summed E-state index contributed by atoms with van der Waals surface area (Å²) in [5, 5.41) is 3.01. The van der Waals surface area contributed by atoms with Gasteiger partial charge in [-0.25, -0.2) is 4.98 Å². The highest BCUT2D eigenvalue weighted by Crippen LogP contribution is 2.09. The average Bonchev–Trinajstić information content (AvgIpc) is 1.98. The van der Waals surface area contributed by atoms with Crippen molar-refractivity contribution in [3.8, 4) is 0 Å². The lowest BCUT2D eigenvalue weighted by molar-refractivity contribution is 0.776. The zero-order valence-electron chi connectivity index (χ0n) is 6.56. The summed E-state index contributed by atoms with van der Waals surface area (Å²) in [6.45, 7) is 2.69. The van der Waals surface area contributed by atoms with Crippen LogP contribution in [-0.4, -0.2) is 17.0 Å². The van der Waals surface area contributed by atoms with Gasteiger partial charge in [0.05, 0.1) is 17.6 Å². The van der Waals surface area contributed by atoms with E-state index in [0.717, 1.165) is 22.5 Å². The Balaban J connectivity index is 2.86.